The number of hydrogen-bond acceptors (Lipinski definition) is 7. The Morgan fingerprint density at radius 3 is 2.65 bits per heavy atom. The molecule has 0 amide bonds. The number of alkyl halides is 3. The van der Waals surface area contributed by atoms with E-state index in [0.717, 1.165) is 11.3 Å². The van der Waals surface area contributed by atoms with Gasteiger partial charge < -0.3 is 19.3 Å². The Morgan fingerprint density at radius 1 is 1.23 bits per heavy atom. The second-order valence-electron chi connectivity index (χ2n) is 8.73. The number of Topliss-reactive ketones (excluding diaryl/α,β-unsaturated/α-hetero) is 1. The molecule has 11 heteroatoms. The second kappa shape index (κ2) is 7.77. The van der Waals surface area contributed by atoms with Gasteiger partial charge in [0.25, 0.3) is 5.56 Å². The Balaban J connectivity index is 1.49. The minimum atomic E-state index is -4.53. The van der Waals surface area contributed by atoms with Crippen LogP contribution in [0.5, 0.6) is 0 Å². The fourth-order valence-electron chi connectivity index (χ4n) is 5.12. The lowest BCUT2D eigenvalue weighted by Gasteiger charge is -2.40. The van der Waals surface area contributed by atoms with Gasteiger partial charge in [0.05, 0.1) is 25.3 Å². The summed E-state index contributed by atoms with van der Waals surface area (Å²) in [6.07, 6.45) is -2.95. The van der Waals surface area contributed by atoms with Gasteiger partial charge in [0.15, 0.2) is 5.78 Å². The van der Waals surface area contributed by atoms with Gasteiger partial charge >= 0.3 is 6.18 Å². The van der Waals surface area contributed by atoms with Crippen molar-refractivity contribution in [3.8, 4) is 0 Å². The molecule has 0 spiro atoms. The largest absolute Gasteiger partial charge is 0.408 e. The van der Waals surface area contributed by atoms with Crippen molar-refractivity contribution in [1.29, 1.82) is 0 Å². The summed E-state index contributed by atoms with van der Waals surface area (Å²) in [6.45, 7) is 1.43. The Hall–Kier alpha value is -2.14. The molecule has 0 radical (unpaired) electrons. The first-order valence-electron chi connectivity index (χ1n) is 10.7. The molecule has 0 aliphatic carbocycles. The zero-order valence-electron chi connectivity index (χ0n) is 17.0. The number of rotatable bonds is 4. The predicted octanol–water partition coefficient (Wildman–Crippen LogP) is 1.36. The van der Waals surface area contributed by atoms with Gasteiger partial charge in [0, 0.05) is 38.3 Å². The summed E-state index contributed by atoms with van der Waals surface area (Å²) in [7, 11) is 0. The highest BCUT2D eigenvalue weighted by Gasteiger charge is 2.48. The van der Waals surface area contributed by atoms with Crippen molar-refractivity contribution in [1.82, 2.24) is 9.55 Å². The summed E-state index contributed by atoms with van der Waals surface area (Å²) in [6, 6.07) is -0.396. The standard InChI is InChI=1S/C20H25F3N4O4/c21-20(22,23)16-1-4-25-18(29)8-17(26-9-14-7-13(26)11-31-14)24-19(25)27(16)10-15(28)12-2-5-30-6-3-12/h8,12-14,16H,1-7,9-11H2/t13-,14+,16+/m1/s1. The van der Waals surface area contributed by atoms with Crippen LogP contribution in [0.25, 0.3) is 0 Å². The maximum Gasteiger partial charge on any atom is 0.408 e. The number of carbonyl (C=O) groups is 1. The molecule has 0 N–H and O–H groups in total. The monoisotopic (exact) mass is 442 g/mol. The van der Waals surface area contributed by atoms with E-state index in [1.807, 2.05) is 4.90 Å². The van der Waals surface area contributed by atoms with Gasteiger partial charge in [0.1, 0.15) is 11.9 Å². The van der Waals surface area contributed by atoms with E-state index in [4.69, 9.17) is 9.47 Å². The van der Waals surface area contributed by atoms with Gasteiger partial charge in [-0.1, -0.05) is 0 Å². The number of morpholine rings is 1. The summed E-state index contributed by atoms with van der Waals surface area (Å²) in [5, 5.41) is 0. The molecule has 3 fully saturated rings. The normalized spacial score (nSPS) is 28.8. The Labute approximate surface area is 176 Å². The third kappa shape index (κ3) is 3.82. The van der Waals surface area contributed by atoms with E-state index in [2.05, 4.69) is 4.98 Å². The first-order valence-corrected chi connectivity index (χ1v) is 10.7. The highest BCUT2D eigenvalue weighted by Crippen LogP contribution is 2.36. The average molecular weight is 442 g/mol. The third-order valence-corrected chi connectivity index (χ3v) is 6.81. The molecule has 4 aliphatic rings. The Kier molecular flexibility index (Phi) is 5.20. The van der Waals surface area contributed by atoms with Gasteiger partial charge in [-0.25, -0.2) is 0 Å². The van der Waals surface area contributed by atoms with Crippen LogP contribution in [0, 0.1) is 5.92 Å². The van der Waals surface area contributed by atoms with Crippen LogP contribution in [0.1, 0.15) is 25.7 Å². The number of ketones is 1. The minimum Gasteiger partial charge on any atom is -0.381 e. The Morgan fingerprint density at radius 2 is 2.00 bits per heavy atom. The van der Waals surface area contributed by atoms with Crippen molar-refractivity contribution in [3.05, 3.63) is 16.4 Å². The molecule has 1 aromatic rings. The molecule has 4 aliphatic heterocycles. The molecule has 0 aromatic carbocycles. The molecule has 5 rings (SSSR count). The van der Waals surface area contributed by atoms with Crippen LogP contribution < -0.4 is 15.4 Å². The number of aromatic nitrogens is 2. The SMILES string of the molecule is O=C(CN1c2nc(N3C[C@@H]4C[C@@H]3CO4)cc(=O)n2CC[C@H]1C(F)(F)F)C1CCOCC1. The van der Waals surface area contributed by atoms with Crippen molar-refractivity contribution >= 4 is 17.5 Å². The number of nitrogens with zero attached hydrogens (tertiary/aromatic N) is 4. The zero-order valence-corrected chi connectivity index (χ0v) is 17.0. The van der Waals surface area contributed by atoms with E-state index >= 15 is 0 Å². The minimum absolute atomic E-state index is 0.0553. The van der Waals surface area contributed by atoms with Gasteiger partial charge in [0.2, 0.25) is 5.95 Å². The molecule has 3 saturated heterocycles. The van der Waals surface area contributed by atoms with E-state index in [9.17, 15) is 22.8 Å². The van der Waals surface area contributed by atoms with Crippen molar-refractivity contribution in [3.63, 3.8) is 0 Å². The summed E-state index contributed by atoms with van der Waals surface area (Å²) in [4.78, 5) is 33.1. The number of carbonyl (C=O) groups excluding carboxylic acids is 1. The van der Waals surface area contributed by atoms with Crippen LogP contribution >= 0.6 is 0 Å². The summed E-state index contributed by atoms with van der Waals surface area (Å²) < 4.78 is 53.8. The van der Waals surface area contributed by atoms with Gasteiger partial charge in [-0.15, -0.1) is 0 Å². The quantitative estimate of drug-likeness (QED) is 0.697. The predicted molar refractivity (Wildman–Crippen MR) is 104 cm³/mol. The number of fused-ring (bicyclic) bond motifs is 3. The number of ether oxygens (including phenoxy) is 2. The van der Waals surface area contributed by atoms with Crippen LogP contribution in [-0.2, 0) is 20.8 Å². The Bertz CT molecular complexity index is 915. The maximum absolute atomic E-state index is 13.9. The molecule has 1 aromatic heterocycles. The van der Waals surface area contributed by atoms with Gasteiger partial charge in [-0.3, -0.25) is 14.2 Å². The fourth-order valence-corrected chi connectivity index (χ4v) is 5.12. The average Bonchev–Trinajstić information content (AvgIpc) is 3.37. The van der Waals surface area contributed by atoms with E-state index in [-0.39, 0.29) is 42.8 Å². The van der Waals surface area contributed by atoms with Crippen LogP contribution in [0.3, 0.4) is 0 Å². The van der Waals surface area contributed by atoms with Crippen LogP contribution in [-0.4, -0.2) is 72.6 Å². The van der Waals surface area contributed by atoms with E-state index in [0.29, 0.717) is 45.0 Å². The van der Waals surface area contributed by atoms with Crippen LogP contribution in [0.4, 0.5) is 24.9 Å². The second-order valence-corrected chi connectivity index (χ2v) is 8.73. The number of anilines is 2. The lowest BCUT2D eigenvalue weighted by molar-refractivity contribution is -0.153. The number of halogens is 3. The zero-order chi connectivity index (χ0) is 21.8. The highest BCUT2D eigenvalue weighted by atomic mass is 19.4. The highest BCUT2D eigenvalue weighted by molar-refractivity contribution is 5.85. The van der Waals surface area contributed by atoms with E-state index < -0.39 is 24.3 Å². The molecule has 5 heterocycles. The lowest BCUT2D eigenvalue weighted by Crippen LogP contribution is -2.55. The van der Waals surface area contributed by atoms with Gasteiger partial charge in [-0.2, -0.15) is 18.2 Å². The molecule has 0 unspecified atom stereocenters. The van der Waals surface area contributed by atoms with Crippen molar-refractivity contribution < 1.29 is 27.4 Å². The number of hydrogen-bond donors (Lipinski definition) is 0. The van der Waals surface area contributed by atoms with Crippen molar-refractivity contribution in [2.45, 2.75) is 56.6 Å². The molecule has 8 nitrogen and oxygen atoms in total. The molecule has 31 heavy (non-hydrogen) atoms. The first kappa shape index (κ1) is 20.7. The molecule has 3 atom stereocenters. The summed E-state index contributed by atoms with van der Waals surface area (Å²) >= 11 is 0. The van der Waals surface area contributed by atoms with Crippen molar-refractivity contribution in [2.24, 2.45) is 5.92 Å². The third-order valence-electron chi connectivity index (χ3n) is 6.81. The van der Waals surface area contributed by atoms with Crippen LogP contribution in [0.15, 0.2) is 10.9 Å². The van der Waals surface area contributed by atoms with E-state index in [1.54, 1.807) is 0 Å². The lowest BCUT2D eigenvalue weighted by atomic mass is 9.94. The van der Waals surface area contributed by atoms with Crippen molar-refractivity contribution in [2.75, 3.05) is 42.7 Å². The van der Waals surface area contributed by atoms with Crippen LogP contribution in [0.2, 0.25) is 0 Å². The topological polar surface area (TPSA) is 76.9 Å². The molecule has 0 saturated carbocycles. The molecule has 170 valence electrons. The summed E-state index contributed by atoms with van der Waals surface area (Å²) in [5.41, 5.74) is -0.396. The van der Waals surface area contributed by atoms with E-state index in [1.165, 1.54) is 10.6 Å². The molecule has 2 bridgehead atoms. The molecular weight excluding hydrogens is 417 g/mol. The molecular formula is C20H25F3N4O4. The summed E-state index contributed by atoms with van der Waals surface area (Å²) in [5.74, 6) is -0.308. The maximum atomic E-state index is 13.9. The van der Waals surface area contributed by atoms with Gasteiger partial charge in [-0.05, 0) is 25.7 Å². The first-order chi connectivity index (χ1) is 14.8. The fraction of sp³-hybridized carbons (Fsp3) is 0.750. The smallest absolute Gasteiger partial charge is 0.381 e.